The molecular formula is C29H27NO2S2. The summed E-state index contributed by atoms with van der Waals surface area (Å²) in [7, 11) is -4.24. The smallest absolute Gasteiger partial charge is 0.199 e. The minimum atomic E-state index is -3.72. The van der Waals surface area contributed by atoms with Crippen LogP contribution in [-0.2, 0) is 20.7 Å². The molecule has 4 bridgehead atoms. The highest BCUT2D eigenvalue weighted by Crippen LogP contribution is 2.87. The number of fused-ring (bicyclic) bond motifs is 6. The number of aryl methyl sites for hydroxylation is 1. The Morgan fingerprint density at radius 2 is 1.06 bits per heavy atom. The Labute approximate surface area is 203 Å². The Balaban J connectivity index is 1.38. The molecule has 6 atom stereocenters. The molecule has 0 aromatic heterocycles. The molecule has 2 spiro atoms. The molecule has 3 nitrogen and oxygen atoms in total. The van der Waals surface area contributed by atoms with Crippen molar-refractivity contribution in [2.75, 3.05) is 0 Å². The van der Waals surface area contributed by atoms with E-state index in [0.29, 0.717) is 28.6 Å². The molecule has 0 radical (unpaired) electrons. The van der Waals surface area contributed by atoms with Gasteiger partial charge in [-0.2, -0.15) is 8.42 Å². The highest BCUT2D eigenvalue weighted by atomic mass is 32.3. The fourth-order valence-electron chi connectivity index (χ4n) is 8.83. The van der Waals surface area contributed by atoms with E-state index >= 15 is 0 Å². The highest BCUT2D eigenvalue weighted by molar-refractivity contribution is 8.06. The van der Waals surface area contributed by atoms with Gasteiger partial charge < -0.3 is 0 Å². The van der Waals surface area contributed by atoms with Crippen molar-refractivity contribution < 1.29 is 8.42 Å². The SMILES string of the molecule is Cc1ccc(S(=O)(=O)N=S2C3([C@@H]4CC[C@H]3c3ccccc34)C23[C@@H]2CC[C@H]3c3ccccc32)cc1. The molecule has 0 N–H and O–H groups in total. The van der Waals surface area contributed by atoms with E-state index in [0.717, 1.165) is 5.56 Å². The van der Waals surface area contributed by atoms with Crippen LogP contribution in [0.5, 0.6) is 0 Å². The van der Waals surface area contributed by atoms with Gasteiger partial charge in [0.05, 0.1) is 14.4 Å². The number of rotatable bonds is 2. The molecular weight excluding hydrogens is 458 g/mol. The predicted octanol–water partition coefficient (Wildman–Crippen LogP) is 6.33. The van der Waals surface area contributed by atoms with Gasteiger partial charge in [0.1, 0.15) is 0 Å². The molecule has 5 heteroatoms. The fourth-order valence-corrected chi connectivity index (χ4v) is 14.9. The molecule has 1 aliphatic heterocycles. The third-order valence-electron chi connectivity index (χ3n) is 9.75. The largest absolute Gasteiger partial charge is 0.287 e. The summed E-state index contributed by atoms with van der Waals surface area (Å²) in [6.07, 6.45) is 4.68. The van der Waals surface area contributed by atoms with Crippen LogP contribution in [0.15, 0.2) is 81.5 Å². The Morgan fingerprint density at radius 3 is 1.44 bits per heavy atom. The van der Waals surface area contributed by atoms with Gasteiger partial charge in [-0.25, -0.2) is 0 Å². The van der Waals surface area contributed by atoms with Crippen LogP contribution in [0.4, 0.5) is 0 Å². The molecule has 1 heterocycles. The van der Waals surface area contributed by atoms with Crippen LogP contribution in [0.25, 0.3) is 0 Å². The molecule has 2 unspecified atom stereocenters. The first-order valence-electron chi connectivity index (χ1n) is 12.5. The first-order chi connectivity index (χ1) is 16.5. The van der Waals surface area contributed by atoms with Crippen LogP contribution < -0.4 is 0 Å². The van der Waals surface area contributed by atoms with E-state index < -0.39 is 20.7 Å². The van der Waals surface area contributed by atoms with E-state index in [-0.39, 0.29) is 9.49 Å². The molecule has 1 saturated heterocycles. The van der Waals surface area contributed by atoms with Crippen molar-refractivity contribution in [1.29, 1.82) is 0 Å². The van der Waals surface area contributed by atoms with Crippen LogP contribution in [0.1, 0.15) is 77.2 Å². The second kappa shape index (κ2) is 6.30. The van der Waals surface area contributed by atoms with Crippen molar-refractivity contribution in [1.82, 2.24) is 0 Å². The summed E-state index contributed by atoms with van der Waals surface area (Å²) in [5.74, 6) is 1.75. The Bertz CT molecular complexity index is 1380. The first kappa shape index (κ1) is 20.0. The lowest BCUT2D eigenvalue weighted by Crippen LogP contribution is -2.31. The summed E-state index contributed by atoms with van der Waals surface area (Å²) in [6, 6.07) is 25.1. The summed E-state index contributed by atoms with van der Waals surface area (Å²) >= 11 is 0. The summed E-state index contributed by atoms with van der Waals surface area (Å²) in [4.78, 5) is 0.341. The van der Waals surface area contributed by atoms with Gasteiger partial charge in [0, 0.05) is 23.7 Å². The maximum Gasteiger partial charge on any atom is 0.287 e. The average molecular weight is 486 g/mol. The first-order valence-corrected chi connectivity index (χ1v) is 15.1. The molecule has 3 fully saturated rings. The van der Waals surface area contributed by atoms with Crippen molar-refractivity contribution in [2.24, 2.45) is 3.77 Å². The Hall–Kier alpha value is -2.24. The third kappa shape index (κ3) is 2.04. The zero-order chi connectivity index (χ0) is 22.9. The molecule has 0 amide bonds. The molecule has 172 valence electrons. The average Bonchev–Trinajstić information content (AvgIpc) is 3.29. The predicted molar refractivity (Wildman–Crippen MR) is 136 cm³/mol. The maximum absolute atomic E-state index is 13.7. The standard InChI is InChI=1S/C29H27NO2S2/c1-18-10-12-19(13-11-18)34(31,32)30-33-28(24-14-15-25(28)21-7-3-2-6-20(21)24)29(33)26-16-17-27(29)23-9-5-4-8-22(23)26/h2-13,24-27H,14-17H2,1H3/t24-,25+,26-,27+,28?,29?,33?. The molecule has 3 aromatic carbocycles. The summed E-state index contributed by atoms with van der Waals surface area (Å²) in [6.45, 7) is 1.99. The van der Waals surface area contributed by atoms with Gasteiger partial charge in [-0.3, -0.25) is 0 Å². The van der Waals surface area contributed by atoms with Crippen molar-refractivity contribution in [2.45, 2.75) is 70.7 Å². The fraction of sp³-hybridized carbons (Fsp3) is 0.379. The molecule has 4 aliphatic carbocycles. The quantitative estimate of drug-likeness (QED) is 0.398. The van der Waals surface area contributed by atoms with Crippen molar-refractivity contribution in [3.05, 3.63) is 101 Å². The zero-order valence-electron chi connectivity index (χ0n) is 19.1. The van der Waals surface area contributed by atoms with E-state index in [1.807, 2.05) is 19.1 Å². The van der Waals surface area contributed by atoms with E-state index in [2.05, 4.69) is 48.5 Å². The lowest BCUT2D eigenvalue weighted by atomic mass is 9.75. The van der Waals surface area contributed by atoms with Crippen LogP contribution >= 0.6 is 0 Å². The number of hydrogen-bond acceptors (Lipinski definition) is 2. The second-order valence-corrected chi connectivity index (χ2v) is 14.8. The molecule has 34 heavy (non-hydrogen) atoms. The topological polar surface area (TPSA) is 46.5 Å². The van der Waals surface area contributed by atoms with E-state index in [4.69, 9.17) is 3.77 Å². The number of sulfonamides is 1. The van der Waals surface area contributed by atoms with Crippen molar-refractivity contribution >= 4 is 20.7 Å². The van der Waals surface area contributed by atoms with Gasteiger partial charge in [0.25, 0.3) is 10.0 Å². The third-order valence-corrected chi connectivity index (χ3v) is 14.9. The summed E-state index contributed by atoms with van der Waals surface area (Å²) in [5.41, 5.74) is 6.98. The van der Waals surface area contributed by atoms with Gasteiger partial charge in [-0.1, -0.05) is 76.9 Å². The Kier molecular flexibility index (Phi) is 3.71. The minimum absolute atomic E-state index is 0.0285. The normalized spacial score (nSPS) is 37.9. The lowest BCUT2D eigenvalue weighted by molar-refractivity contribution is 0.438. The van der Waals surface area contributed by atoms with Gasteiger partial charge in [-0.05, 0) is 67.0 Å². The number of benzene rings is 3. The number of hydrogen-bond donors (Lipinski definition) is 0. The maximum atomic E-state index is 13.7. The highest BCUT2D eigenvalue weighted by Gasteiger charge is 2.90. The molecule has 3 aromatic rings. The van der Waals surface area contributed by atoms with E-state index in [1.54, 1.807) is 12.1 Å². The monoisotopic (exact) mass is 485 g/mol. The molecule has 2 saturated carbocycles. The van der Waals surface area contributed by atoms with Crippen LogP contribution in [0.3, 0.4) is 0 Å². The van der Waals surface area contributed by atoms with E-state index in [1.165, 1.54) is 47.9 Å². The molecule has 8 rings (SSSR count). The van der Waals surface area contributed by atoms with Crippen LogP contribution in [0, 0.1) is 6.92 Å². The summed E-state index contributed by atoms with van der Waals surface area (Å²) < 4.78 is 32.3. The van der Waals surface area contributed by atoms with Gasteiger partial charge in [0.2, 0.25) is 0 Å². The summed E-state index contributed by atoms with van der Waals surface area (Å²) in [5, 5.41) is 0. The van der Waals surface area contributed by atoms with Crippen LogP contribution in [-0.4, -0.2) is 17.9 Å². The molecule has 5 aliphatic rings. The number of nitrogens with zero attached hydrogens (tertiary/aromatic N) is 1. The Morgan fingerprint density at radius 1 is 0.676 bits per heavy atom. The van der Waals surface area contributed by atoms with Gasteiger partial charge >= 0.3 is 0 Å². The second-order valence-electron chi connectivity index (χ2n) is 10.9. The van der Waals surface area contributed by atoms with Crippen molar-refractivity contribution in [3.8, 4) is 0 Å². The zero-order valence-corrected chi connectivity index (χ0v) is 20.8. The van der Waals surface area contributed by atoms with E-state index in [9.17, 15) is 8.42 Å². The van der Waals surface area contributed by atoms with Gasteiger partial charge in [-0.15, -0.1) is 3.77 Å². The van der Waals surface area contributed by atoms with Crippen LogP contribution in [0.2, 0.25) is 0 Å². The van der Waals surface area contributed by atoms with Crippen molar-refractivity contribution in [3.63, 3.8) is 0 Å². The lowest BCUT2D eigenvalue weighted by Gasteiger charge is -2.23. The van der Waals surface area contributed by atoms with Gasteiger partial charge in [0.15, 0.2) is 0 Å². The minimum Gasteiger partial charge on any atom is -0.199 e.